The number of nitrogens with one attached hydrogen (secondary N) is 1. The summed E-state index contributed by atoms with van der Waals surface area (Å²) in [6.45, 7) is 1.11. The van der Waals surface area contributed by atoms with Crippen molar-refractivity contribution in [1.29, 1.82) is 5.26 Å². The first-order valence-electron chi connectivity index (χ1n) is 10.2. The van der Waals surface area contributed by atoms with Crippen LogP contribution < -0.4 is 5.32 Å². The van der Waals surface area contributed by atoms with Crippen molar-refractivity contribution in [3.05, 3.63) is 108 Å². The first-order valence-corrected chi connectivity index (χ1v) is 10.2. The fourth-order valence-electron chi connectivity index (χ4n) is 3.58. The summed E-state index contributed by atoms with van der Waals surface area (Å²) in [6, 6.07) is 25.1. The first kappa shape index (κ1) is 20.9. The van der Waals surface area contributed by atoms with Gasteiger partial charge in [-0.15, -0.1) is 0 Å². The SMILES string of the molecule is COC(=O)c1ccc(NCc2cncn2Cc2ccccc2C#N)cc1-c1ccccc1. The van der Waals surface area contributed by atoms with Crippen LogP contribution in [0.2, 0.25) is 0 Å². The number of esters is 1. The summed E-state index contributed by atoms with van der Waals surface area (Å²) >= 11 is 0. The Bertz CT molecular complexity index is 1270. The molecule has 0 aliphatic heterocycles. The number of hydrogen-bond donors (Lipinski definition) is 1. The second kappa shape index (κ2) is 9.63. The molecule has 0 saturated heterocycles. The van der Waals surface area contributed by atoms with Crippen molar-refractivity contribution in [3.63, 3.8) is 0 Å². The zero-order chi connectivity index (χ0) is 22.3. The maximum absolute atomic E-state index is 12.3. The van der Waals surface area contributed by atoms with Crippen LogP contribution in [0.15, 0.2) is 85.3 Å². The zero-order valence-corrected chi connectivity index (χ0v) is 17.7. The molecule has 0 aliphatic carbocycles. The lowest BCUT2D eigenvalue weighted by Gasteiger charge is -2.14. The van der Waals surface area contributed by atoms with E-state index in [1.165, 1.54) is 7.11 Å². The van der Waals surface area contributed by atoms with Crippen molar-refractivity contribution in [3.8, 4) is 17.2 Å². The number of benzene rings is 3. The second-order valence-electron chi connectivity index (χ2n) is 7.25. The molecule has 32 heavy (non-hydrogen) atoms. The lowest BCUT2D eigenvalue weighted by Crippen LogP contribution is -2.09. The molecule has 1 heterocycles. The standard InChI is InChI=1S/C26H22N4O2/c1-32-26(31)24-12-11-22(13-25(24)19-7-3-2-4-8-19)29-16-23-15-28-18-30(23)17-21-10-6-5-9-20(21)14-27/h2-13,15,18,29H,16-17H2,1H3. The first-order chi connectivity index (χ1) is 15.7. The van der Waals surface area contributed by atoms with Gasteiger partial charge in [-0.2, -0.15) is 5.26 Å². The van der Waals surface area contributed by atoms with Crippen LogP contribution in [0.5, 0.6) is 0 Å². The topological polar surface area (TPSA) is 79.9 Å². The fraction of sp³-hybridized carbons (Fsp3) is 0.115. The number of aromatic nitrogens is 2. The maximum Gasteiger partial charge on any atom is 0.338 e. The van der Waals surface area contributed by atoms with Crippen LogP contribution in [0.4, 0.5) is 5.69 Å². The van der Waals surface area contributed by atoms with Crippen LogP contribution in [0.1, 0.15) is 27.2 Å². The van der Waals surface area contributed by atoms with Crippen molar-refractivity contribution in [1.82, 2.24) is 9.55 Å². The van der Waals surface area contributed by atoms with Crippen molar-refractivity contribution < 1.29 is 9.53 Å². The van der Waals surface area contributed by atoms with Crippen LogP contribution in [0, 0.1) is 11.3 Å². The van der Waals surface area contributed by atoms with Gasteiger partial charge in [-0.25, -0.2) is 9.78 Å². The quantitative estimate of drug-likeness (QED) is 0.430. The lowest BCUT2D eigenvalue weighted by atomic mass is 9.99. The number of ether oxygens (including phenoxy) is 1. The number of hydrogen-bond acceptors (Lipinski definition) is 5. The molecule has 0 amide bonds. The number of carbonyl (C=O) groups is 1. The molecule has 0 fully saturated rings. The summed E-state index contributed by atoms with van der Waals surface area (Å²) in [7, 11) is 1.38. The van der Waals surface area contributed by atoms with Gasteiger partial charge in [0.15, 0.2) is 0 Å². The molecule has 158 valence electrons. The van der Waals surface area contributed by atoms with Gasteiger partial charge in [-0.05, 0) is 41.0 Å². The highest BCUT2D eigenvalue weighted by Gasteiger charge is 2.14. The number of anilines is 1. The zero-order valence-electron chi connectivity index (χ0n) is 17.7. The van der Waals surface area contributed by atoms with Gasteiger partial charge in [-0.3, -0.25) is 0 Å². The maximum atomic E-state index is 12.3. The van der Waals surface area contributed by atoms with Gasteiger partial charge >= 0.3 is 5.97 Å². The lowest BCUT2D eigenvalue weighted by molar-refractivity contribution is 0.0601. The van der Waals surface area contributed by atoms with Gasteiger partial charge in [0.05, 0.1) is 49.4 Å². The predicted molar refractivity (Wildman–Crippen MR) is 123 cm³/mol. The molecule has 4 aromatic rings. The van der Waals surface area contributed by atoms with E-state index < -0.39 is 0 Å². The molecule has 3 aromatic carbocycles. The Hall–Kier alpha value is -4.37. The summed E-state index contributed by atoms with van der Waals surface area (Å²) in [4.78, 5) is 16.5. The Morgan fingerprint density at radius 3 is 2.66 bits per heavy atom. The fourth-order valence-corrected chi connectivity index (χ4v) is 3.58. The third-order valence-corrected chi connectivity index (χ3v) is 5.26. The van der Waals surface area contributed by atoms with E-state index in [1.54, 1.807) is 12.4 Å². The monoisotopic (exact) mass is 422 g/mol. The van der Waals surface area contributed by atoms with Crippen molar-refractivity contribution in [2.75, 3.05) is 12.4 Å². The van der Waals surface area contributed by atoms with Crippen molar-refractivity contribution in [2.45, 2.75) is 13.1 Å². The molecule has 6 heteroatoms. The second-order valence-corrected chi connectivity index (χ2v) is 7.25. The Kier molecular flexibility index (Phi) is 6.28. The average Bonchev–Trinajstić information content (AvgIpc) is 3.29. The molecule has 0 bridgehead atoms. The van der Waals surface area contributed by atoms with Gasteiger partial charge in [0.2, 0.25) is 0 Å². The van der Waals surface area contributed by atoms with Gasteiger partial charge in [0.1, 0.15) is 0 Å². The van der Waals surface area contributed by atoms with E-state index >= 15 is 0 Å². The molecule has 0 atom stereocenters. The van der Waals surface area contributed by atoms with E-state index in [9.17, 15) is 10.1 Å². The number of nitriles is 1. The van der Waals surface area contributed by atoms with E-state index in [0.717, 1.165) is 28.1 Å². The van der Waals surface area contributed by atoms with Crippen LogP contribution in [0.3, 0.4) is 0 Å². The highest BCUT2D eigenvalue weighted by atomic mass is 16.5. The average molecular weight is 422 g/mol. The van der Waals surface area contributed by atoms with Gasteiger partial charge in [0, 0.05) is 11.9 Å². The molecule has 0 aliphatic rings. The smallest absolute Gasteiger partial charge is 0.338 e. The van der Waals surface area contributed by atoms with Crippen LogP contribution in [-0.4, -0.2) is 22.6 Å². The molecular formula is C26H22N4O2. The summed E-state index contributed by atoms with van der Waals surface area (Å²) in [5.41, 5.74) is 5.72. The number of nitrogens with zero attached hydrogens (tertiary/aromatic N) is 3. The summed E-state index contributed by atoms with van der Waals surface area (Å²) in [5.74, 6) is -0.371. The minimum Gasteiger partial charge on any atom is -0.465 e. The largest absolute Gasteiger partial charge is 0.465 e. The highest BCUT2D eigenvalue weighted by molar-refractivity contribution is 5.98. The Morgan fingerprint density at radius 2 is 1.88 bits per heavy atom. The van der Waals surface area contributed by atoms with E-state index in [0.29, 0.717) is 24.2 Å². The Morgan fingerprint density at radius 1 is 1.09 bits per heavy atom. The molecule has 0 spiro atoms. The summed E-state index contributed by atoms with van der Waals surface area (Å²) in [5, 5.41) is 12.8. The van der Waals surface area contributed by atoms with Crippen molar-refractivity contribution in [2.24, 2.45) is 0 Å². The Balaban J connectivity index is 1.56. The van der Waals surface area contributed by atoms with Crippen molar-refractivity contribution >= 4 is 11.7 Å². The molecule has 0 radical (unpaired) electrons. The minimum absolute atomic E-state index is 0.371. The van der Waals surface area contributed by atoms with Crippen LogP contribution >= 0.6 is 0 Å². The molecule has 4 rings (SSSR count). The number of imidazole rings is 1. The van der Waals surface area contributed by atoms with Gasteiger partial charge in [-0.1, -0.05) is 48.5 Å². The molecule has 0 unspecified atom stereocenters. The predicted octanol–water partition coefficient (Wildman–Crippen LogP) is 4.87. The van der Waals surface area contributed by atoms with E-state index in [2.05, 4.69) is 16.4 Å². The third kappa shape index (κ3) is 4.52. The molecular weight excluding hydrogens is 400 g/mol. The normalized spacial score (nSPS) is 10.4. The molecule has 1 aromatic heterocycles. The van der Waals surface area contributed by atoms with Gasteiger partial charge in [0.25, 0.3) is 0 Å². The van der Waals surface area contributed by atoms with E-state index in [-0.39, 0.29) is 5.97 Å². The highest BCUT2D eigenvalue weighted by Crippen LogP contribution is 2.28. The Labute approximate surface area is 186 Å². The number of carbonyl (C=O) groups excluding carboxylic acids is 1. The van der Waals surface area contributed by atoms with Crippen LogP contribution in [-0.2, 0) is 17.8 Å². The van der Waals surface area contributed by atoms with E-state index in [1.807, 2.05) is 77.5 Å². The van der Waals surface area contributed by atoms with E-state index in [4.69, 9.17) is 4.74 Å². The molecule has 1 N–H and O–H groups in total. The number of methoxy groups -OCH3 is 1. The third-order valence-electron chi connectivity index (χ3n) is 5.26. The minimum atomic E-state index is -0.371. The summed E-state index contributed by atoms with van der Waals surface area (Å²) in [6.07, 6.45) is 3.57. The number of rotatable bonds is 7. The summed E-state index contributed by atoms with van der Waals surface area (Å²) < 4.78 is 6.97. The molecule has 6 nitrogen and oxygen atoms in total. The molecule has 0 saturated carbocycles. The van der Waals surface area contributed by atoms with Gasteiger partial charge < -0.3 is 14.6 Å². The van der Waals surface area contributed by atoms with Crippen LogP contribution in [0.25, 0.3) is 11.1 Å².